The molecule has 0 N–H and O–H groups in total. The van der Waals surface area contributed by atoms with E-state index in [9.17, 15) is 0 Å². The van der Waals surface area contributed by atoms with Gasteiger partial charge in [-0.15, -0.1) is 0 Å². The first-order valence-electron chi connectivity index (χ1n) is 5.93. The molecule has 0 heterocycles. The predicted octanol–water partition coefficient (Wildman–Crippen LogP) is 4.49. The molecule has 0 aromatic rings. The summed E-state index contributed by atoms with van der Waals surface area (Å²) >= 11 is 1.79. The maximum absolute atomic E-state index is 2.33. The molecule has 0 nitrogen and oxygen atoms in total. The summed E-state index contributed by atoms with van der Waals surface area (Å²) in [5.74, 6) is 0. The standard InChI is InChI=1S/C12H25.Sn/c1-4-7-10-12(9-6-3)11-8-5-2;/h4-11H2,1-3H3;/q;+3. The molecule has 0 radical (unpaired) electrons. The van der Waals surface area contributed by atoms with Crippen molar-refractivity contribution in [3.05, 3.63) is 0 Å². The molecule has 0 fully saturated rings. The van der Waals surface area contributed by atoms with Crippen LogP contribution in [0.3, 0.4) is 0 Å². The Morgan fingerprint density at radius 3 is 1.54 bits per heavy atom. The molecule has 0 aliphatic rings. The summed E-state index contributed by atoms with van der Waals surface area (Å²) in [5.41, 5.74) is 0. The maximum atomic E-state index is 2.33. The third-order valence-corrected chi connectivity index (χ3v) is 4.89. The zero-order valence-corrected chi connectivity index (χ0v) is 12.5. The topological polar surface area (TPSA) is 0 Å². The monoisotopic (exact) mass is 289 g/mol. The van der Waals surface area contributed by atoms with Crippen LogP contribution in [-0.2, 0) is 0 Å². The molecule has 0 atom stereocenters. The predicted molar refractivity (Wildman–Crippen MR) is 62.4 cm³/mol. The van der Waals surface area contributed by atoms with E-state index in [4.69, 9.17) is 0 Å². The molecule has 0 saturated carbocycles. The molecule has 74 valence electrons. The molecule has 0 aliphatic heterocycles. The van der Waals surface area contributed by atoms with Crippen LogP contribution < -0.4 is 0 Å². The molecule has 1 heteroatoms. The number of unbranched alkanes of at least 4 members (excludes halogenated alkanes) is 2. The van der Waals surface area contributed by atoms with Gasteiger partial charge in [-0.05, 0) is 0 Å². The van der Waals surface area contributed by atoms with Crippen molar-refractivity contribution in [3.8, 4) is 0 Å². The van der Waals surface area contributed by atoms with E-state index in [2.05, 4.69) is 20.8 Å². The van der Waals surface area contributed by atoms with Gasteiger partial charge in [-0.25, -0.2) is 0 Å². The summed E-state index contributed by atoms with van der Waals surface area (Å²) in [6.07, 6.45) is 11.4. The van der Waals surface area contributed by atoms with Gasteiger partial charge in [0.05, 0.1) is 0 Å². The van der Waals surface area contributed by atoms with E-state index in [0.29, 0.717) is 0 Å². The Hall–Kier alpha value is 0.799. The fourth-order valence-electron chi connectivity index (χ4n) is 1.88. The third-order valence-electron chi connectivity index (χ3n) is 2.75. The Balaban J connectivity index is 3.84. The fraction of sp³-hybridized carbons (Fsp3) is 1.00. The number of hydrogen-bond donors (Lipinski definition) is 0. The molecule has 0 bridgehead atoms. The second-order valence-corrected chi connectivity index (χ2v) is 7.26. The normalized spacial score (nSPS) is 12.1. The van der Waals surface area contributed by atoms with Crippen molar-refractivity contribution in [2.75, 3.05) is 0 Å². The number of hydrogen-bond acceptors (Lipinski definition) is 0. The summed E-state index contributed by atoms with van der Waals surface area (Å²) in [6, 6.07) is 0. The third kappa shape index (κ3) is 6.81. The zero-order chi connectivity index (χ0) is 10.2. The van der Waals surface area contributed by atoms with E-state index >= 15 is 0 Å². The Kier molecular flexibility index (Phi) is 8.64. The Morgan fingerprint density at radius 1 is 0.769 bits per heavy atom. The van der Waals surface area contributed by atoms with Crippen LogP contribution in [0, 0.1) is 0 Å². The van der Waals surface area contributed by atoms with E-state index in [1.807, 2.05) is 0 Å². The molecular weight excluding hydrogens is 263 g/mol. The summed E-state index contributed by atoms with van der Waals surface area (Å²) in [5, 5.41) is 0. The second kappa shape index (κ2) is 8.14. The molecule has 0 amide bonds. The molecule has 0 saturated heterocycles. The SMILES string of the molecule is CCCC[C]([Sn+3])(CCC)CCCC. The van der Waals surface area contributed by atoms with Crippen LogP contribution in [0.5, 0.6) is 0 Å². The summed E-state index contributed by atoms with van der Waals surface area (Å²) in [4.78, 5) is 0. The van der Waals surface area contributed by atoms with E-state index < -0.39 is 0 Å². The zero-order valence-electron chi connectivity index (χ0n) is 9.66. The van der Waals surface area contributed by atoms with Gasteiger partial charge in [0.15, 0.2) is 0 Å². The summed E-state index contributed by atoms with van der Waals surface area (Å²) in [6.45, 7) is 6.95. The Morgan fingerprint density at radius 2 is 1.23 bits per heavy atom. The van der Waals surface area contributed by atoms with Crippen LogP contribution in [0.2, 0.25) is 3.43 Å². The first-order valence-corrected chi connectivity index (χ1v) is 7.36. The first kappa shape index (κ1) is 13.8. The second-order valence-electron chi connectivity index (χ2n) is 4.24. The van der Waals surface area contributed by atoms with Gasteiger partial charge in [0.1, 0.15) is 0 Å². The van der Waals surface area contributed by atoms with E-state index in [1.54, 1.807) is 22.5 Å². The van der Waals surface area contributed by atoms with Crippen LogP contribution >= 0.6 is 0 Å². The Labute approximate surface area is 98.0 Å². The minimum atomic E-state index is 0.744. The van der Waals surface area contributed by atoms with Crippen molar-refractivity contribution in [3.63, 3.8) is 0 Å². The van der Waals surface area contributed by atoms with Gasteiger partial charge in [-0.2, -0.15) is 0 Å². The van der Waals surface area contributed by atoms with Crippen molar-refractivity contribution in [1.29, 1.82) is 0 Å². The average Bonchev–Trinajstić information content (AvgIpc) is 2.12. The molecular formula is C12H25Sn+3. The van der Waals surface area contributed by atoms with Crippen molar-refractivity contribution < 1.29 is 0 Å². The average molecular weight is 288 g/mol. The molecule has 0 rings (SSSR count). The Bertz CT molecular complexity index is 102. The molecule has 0 unspecified atom stereocenters. The van der Waals surface area contributed by atoms with Gasteiger partial charge in [-0.1, -0.05) is 0 Å². The van der Waals surface area contributed by atoms with Gasteiger partial charge < -0.3 is 0 Å². The van der Waals surface area contributed by atoms with Crippen LogP contribution in [0.25, 0.3) is 0 Å². The molecule has 0 aliphatic carbocycles. The van der Waals surface area contributed by atoms with Crippen LogP contribution in [-0.4, -0.2) is 22.5 Å². The number of rotatable bonds is 8. The quantitative estimate of drug-likeness (QED) is 0.577. The van der Waals surface area contributed by atoms with Crippen molar-refractivity contribution in [2.24, 2.45) is 0 Å². The van der Waals surface area contributed by atoms with Crippen LogP contribution in [0.15, 0.2) is 0 Å². The molecule has 0 aromatic carbocycles. The van der Waals surface area contributed by atoms with Crippen LogP contribution in [0.1, 0.15) is 72.1 Å². The van der Waals surface area contributed by atoms with Crippen molar-refractivity contribution >= 4 is 22.5 Å². The summed E-state index contributed by atoms with van der Waals surface area (Å²) in [7, 11) is 0. The van der Waals surface area contributed by atoms with Crippen molar-refractivity contribution in [1.82, 2.24) is 0 Å². The summed E-state index contributed by atoms with van der Waals surface area (Å²) < 4.78 is 0.744. The van der Waals surface area contributed by atoms with E-state index in [-0.39, 0.29) is 0 Å². The minimum absolute atomic E-state index is 0.744. The van der Waals surface area contributed by atoms with E-state index in [0.717, 1.165) is 3.43 Å². The van der Waals surface area contributed by atoms with Gasteiger partial charge in [-0.3, -0.25) is 0 Å². The fourth-order valence-corrected chi connectivity index (χ4v) is 3.61. The van der Waals surface area contributed by atoms with Gasteiger partial charge in [0, 0.05) is 0 Å². The molecule has 0 spiro atoms. The van der Waals surface area contributed by atoms with Gasteiger partial charge in [0.2, 0.25) is 0 Å². The molecule has 13 heavy (non-hydrogen) atoms. The van der Waals surface area contributed by atoms with Gasteiger partial charge in [0.25, 0.3) is 0 Å². The first-order chi connectivity index (χ1) is 6.18. The van der Waals surface area contributed by atoms with Gasteiger partial charge >= 0.3 is 98.1 Å². The van der Waals surface area contributed by atoms with Crippen LogP contribution in [0.4, 0.5) is 0 Å². The van der Waals surface area contributed by atoms with Crippen molar-refractivity contribution in [2.45, 2.75) is 75.6 Å². The molecule has 0 aromatic heterocycles. The van der Waals surface area contributed by atoms with E-state index in [1.165, 1.54) is 51.4 Å².